The van der Waals surface area contributed by atoms with Crippen molar-refractivity contribution in [2.45, 2.75) is 46.1 Å². The summed E-state index contributed by atoms with van der Waals surface area (Å²) in [5.74, 6) is 0.746. The molecule has 1 aromatic rings. The van der Waals surface area contributed by atoms with Crippen molar-refractivity contribution >= 4 is 11.7 Å². The van der Waals surface area contributed by atoms with E-state index in [4.69, 9.17) is 0 Å². The van der Waals surface area contributed by atoms with Gasteiger partial charge in [0.15, 0.2) is 5.78 Å². The molecule has 2 rings (SSSR count). The zero-order valence-electron chi connectivity index (χ0n) is 14.5. The van der Waals surface area contributed by atoms with E-state index in [0.29, 0.717) is 24.3 Å². The summed E-state index contributed by atoms with van der Waals surface area (Å²) in [6.45, 7) is 8.80. The number of carbonyl (C=O) groups excluding carboxylic acids is 2. The maximum Gasteiger partial charge on any atom is 0.223 e. The Morgan fingerprint density at radius 3 is 2.52 bits per heavy atom. The van der Waals surface area contributed by atoms with Gasteiger partial charge in [-0.25, -0.2) is 0 Å². The van der Waals surface area contributed by atoms with Crippen molar-refractivity contribution in [2.75, 3.05) is 19.6 Å². The van der Waals surface area contributed by atoms with Gasteiger partial charge in [-0.1, -0.05) is 38.1 Å². The van der Waals surface area contributed by atoms with Gasteiger partial charge in [-0.05, 0) is 24.8 Å². The number of Topliss-reactive ketones (excluding diaryl/α,β-unsaturated/α-hetero) is 1. The van der Waals surface area contributed by atoms with Crippen LogP contribution in [0.15, 0.2) is 24.3 Å². The molecule has 126 valence electrons. The van der Waals surface area contributed by atoms with E-state index < -0.39 is 0 Å². The van der Waals surface area contributed by atoms with Crippen LogP contribution in [0.3, 0.4) is 0 Å². The molecule has 0 spiro atoms. The van der Waals surface area contributed by atoms with E-state index in [1.165, 1.54) is 5.56 Å². The van der Waals surface area contributed by atoms with Crippen LogP contribution in [-0.4, -0.2) is 42.3 Å². The van der Waals surface area contributed by atoms with E-state index in [0.717, 1.165) is 26.1 Å². The highest BCUT2D eigenvalue weighted by Crippen LogP contribution is 2.13. The van der Waals surface area contributed by atoms with Gasteiger partial charge in [-0.15, -0.1) is 0 Å². The molecule has 23 heavy (non-hydrogen) atoms. The van der Waals surface area contributed by atoms with E-state index in [2.05, 4.69) is 19.2 Å². The summed E-state index contributed by atoms with van der Waals surface area (Å²) < 4.78 is 0. The van der Waals surface area contributed by atoms with Crippen molar-refractivity contribution in [2.24, 2.45) is 5.92 Å². The highest BCUT2D eigenvalue weighted by molar-refractivity contribution is 5.98. The molecule has 1 aromatic carbocycles. The quantitative estimate of drug-likeness (QED) is 0.821. The number of hydrogen-bond acceptors (Lipinski definition) is 3. The SMILES string of the molecule is CC(C)Cc1ccc(C(=O)CCC(=O)N2CCNC[C@H]2C)cc1. The smallest absolute Gasteiger partial charge is 0.223 e. The topological polar surface area (TPSA) is 49.4 Å². The molecule has 1 N–H and O–H groups in total. The lowest BCUT2D eigenvalue weighted by Gasteiger charge is -2.34. The predicted octanol–water partition coefficient (Wildman–Crippen LogP) is 2.67. The summed E-state index contributed by atoms with van der Waals surface area (Å²) in [5.41, 5.74) is 1.96. The van der Waals surface area contributed by atoms with Crippen LogP contribution in [0.4, 0.5) is 0 Å². The first-order valence-electron chi connectivity index (χ1n) is 8.59. The third-order valence-electron chi connectivity index (χ3n) is 4.31. The molecular weight excluding hydrogens is 288 g/mol. The van der Waals surface area contributed by atoms with Gasteiger partial charge in [0.1, 0.15) is 0 Å². The monoisotopic (exact) mass is 316 g/mol. The number of carbonyl (C=O) groups is 2. The number of piperazine rings is 1. The lowest BCUT2D eigenvalue weighted by atomic mass is 9.99. The van der Waals surface area contributed by atoms with Crippen LogP contribution in [0.1, 0.15) is 49.5 Å². The van der Waals surface area contributed by atoms with E-state index in [1.807, 2.05) is 36.1 Å². The number of ketones is 1. The number of rotatable bonds is 6. The minimum Gasteiger partial charge on any atom is -0.337 e. The summed E-state index contributed by atoms with van der Waals surface area (Å²) in [7, 11) is 0. The first kappa shape index (κ1) is 17.7. The van der Waals surface area contributed by atoms with Gasteiger partial charge in [0, 0.05) is 44.1 Å². The summed E-state index contributed by atoms with van der Waals surface area (Å²) in [5, 5.41) is 3.27. The molecule has 1 saturated heterocycles. The third-order valence-corrected chi connectivity index (χ3v) is 4.31. The zero-order chi connectivity index (χ0) is 16.8. The number of nitrogens with one attached hydrogen (secondary N) is 1. The standard InChI is InChI=1S/C19H28N2O2/c1-14(2)12-16-4-6-17(7-5-16)18(22)8-9-19(23)21-11-10-20-13-15(21)3/h4-7,14-15,20H,8-13H2,1-3H3/t15-/m1/s1. The maximum atomic E-state index is 12.3. The Hall–Kier alpha value is -1.68. The Labute approximate surface area is 139 Å². The van der Waals surface area contributed by atoms with E-state index >= 15 is 0 Å². The van der Waals surface area contributed by atoms with Crippen LogP contribution in [0.2, 0.25) is 0 Å². The molecule has 0 aliphatic carbocycles. The summed E-state index contributed by atoms with van der Waals surface area (Å²) in [4.78, 5) is 26.4. The normalized spacial score (nSPS) is 18.3. The van der Waals surface area contributed by atoms with Gasteiger partial charge in [0.25, 0.3) is 0 Å². The lowest BCUT2D eigenvalue weighted by molar-refractivity contribution is -0.133. The molecule has 0 bridgehead atoms. The molecule has 0 aromatic heterocycles. The minimum atomic E-state index is 0.0530. The highest BCUT2D eigenvalue weighted by atomic mass is 16.2. The molecular formula is C19H28N2O2. The largest absolute Gasteiger partial charge is 0.337 e. The van der Waals surface area contributed by atoms with Gasteiger partial charge in [-0.3, -0.25) is 9.59 Å². The van der Waals surface area contributed by atoms with Crippen molar-refractivity contribution in [1.29, 1.82) is 0 Å². The van der Waals surface area contributed by atoms with Crippen molar-refractivity contribution in [1.82, 2.24) is 10.2 Å². The van der Waals surface area contributed by atoms with E-state index in [9.17, 15) is 9.59 Å². The molecule has 1 heterocycles. The molecule has 1 aliphatic heterocycles. The molecule has 4 heteroatoms. The van der Waals surface area contributed by atoms with E-state index in [-0.39, 0.29) is 17.7 Å². The Morgan fingerprint density at radius 2 is 1.91 bits per heavy atom. The van der Waals surface area contributed by atoms with Crippen molar-refractivity contribution < 1.29 is 9.59 Å². The lowest BCUT2D eigenvalue weighted by Crippen LogP contribution is -2.52. The summed E-state index contributed by atoms with van der Waals surface area (Å²) >= 11 is 0. The van der Waals surface area contributed by atoms with Crippen LogP contribution in [-0.2, 0) is 11.2 Å². The first-order chi connectivity index (χ1) is 11.0. The molecule has 1 amide bonds. The fraction of sp³-hybridized carbons (Fsp3) is 0.579. The Balaban J connectivity index is 1.85. The molecule has 0 unspecified atom stereocenters. The van der Waals surface area contributed by atoms with Gasteiger partial charge in [0.2, 0.25) is 5.91 Å². The number of amides is 1. The molecule has 0 saturated carbocycles. The van der Waals surface area contributed by atoms with Crippen molar-refractivity contribution in [3.05, 3.63) is 35.4 Å². The van der Waals surface area contributed by atoms with Gasteiger partial charge >= 0.3 is 0 Å². The number of nitrogens with zero attached hydrogens (tertiary/aromatic N) is 1. The number of benzene rings is 1. The van der Waals surface area contributed by atoms with Crippen LogP contribution in [0, 0.1) is 5.92 Å². The summed E-state index contributed by atoms with van der Waals surface area (Å²) in [6, 6.07) is 8.03. The average Bonchev–Trinajstić information content (AvgIpc) is 2.53. The predicted molar refractivity (Wildman–Crippen MR) is 92.6 cm³/mol. The minimum absolute atomic E-state index is 0.0530. The highest BCUT2D eigenvalue weighted by Gasteiger charge is 2.23. The summed E-state index contributed by atoms with van der Waals surface area (Å²) in [6.07, 6.45) is 1.61. The van der Waals surface area contributed by atoms with Gasteiger partial charge < -0.3 is 10.2 Å². The van der Waals surface area contributed by atoms with Crippen molar-refractivity contribution in [3.63, 3.8) is 0 Å². The van der Waals surface area contributed by atoms with Crippen LogP contribution < -0.4 is 5.32 Å². The zero-order valence-corrected chi connectivity index (χ0v) is 14.5. The van der Waals surface area contributed by atoms with Crippen LogP contribution in [0.5, 0.6) is 0 Å². The number of hydrogen-bond donors (Lipinski definition) is 1. The Kier molecular flexibility index (Phi) is 6.34. The van der Waals surface area contributed by atoms with Crippen molar-refractivity contribution in [3.8, 4) is 0 Å². The van der Waals surface area contributed by atoms with Gasteiger partial charge in [-0.2, -0.15) is 0 Å². The maximum absolute atomic E-state index is 12.3. The van der Waals surface area contributed by atoms with Crippen LogP contribution >= 0.6 is 0 Å². The first-order valence-corrected chi connectivity index (χ1v) is 8.59. The molecule has 0 radical (unpaired) electrons. The Morgan fingerprint density at radius 1 is 1.22 bits per heavy atom. The second kappa shape index (κ2) is 8.25. The van der Waals surface area contributed by atoms with Crippen LogP contribution in [0.25, 0.3) is 0 Å². The molecule has 1 atom stereocenters. The molecule has 1 aliphatic rings. The molecule has 1 fully saturated rings. The fourth-order valence-electron chi connectivity index (χ4n) is 3.02. The van der Waals surface area contributed by atoms with Gasteiger partial charge in [0.05, 0.1) is 0 Å². The second-order valence-corrected chi connectivity index (χ2v) is 6.86. The fourth-order valence-corrected chi connectivity index (χ4v) is 3.02. The van der Waals surface area contributed by atoms with E-state index in [1.54, 1.807) is 0 Å². The average molecular weight is 316 g/mol. The Bertz CT molecular complexity index is 537. The molecule has 4 nitrogen and oxygen atoms in total. The second-order valence-electron chi connectivity index (χ2n) is 6.86. The third kappa shape index (κ3) is 5.17.